The summed E-state index contributed by atoms with van der Waals surface area (Å²) >= 11 is 1.47. The van der Waals surface area contributed by atoms with Crippen LogP contribution in [0.3, 0.4) is 0 Å². The van der Waals surface area contributed by atoms with Gasteiger partial charge in [-0.1, -0.05) is 20.8 Å². The summed E-state index contributed by atoms with van der Waals surface area (Å²) < 4.78 is 26.4. The van der Waals surface area contributed by atoms with Crippen molar-refractivity contribution >= 4 is 21.4 Å². The topological polar surface area (TPSA) is 58.2 Å². The van der Waals surface area contributed by atoms with Crippen LogP contribution < -0.4 is 10.0 Å². The lowest BCUT2D eigenvalue weighted by Gasteiger charge is -2.06. The molecule has 0 amide bonds. The normalized spacial score (nSPS) is 12.2. The monoisotopic (exact) mass is 276 g/mol. The standard InChI is InChI=1S/C11H20N2O2S2/c1-4-12-7-10-5-11(8-16-10)17(14,15)13-6-9(2)3/h5,8-9,12-13H,4,6-7H2,1-3H3. The maximum absolute atomic E-state index is 11.9. The number of sulfonamides is 1. The molecule has 6 heteroatoms. The minimum Gasteiger partial charge on any atom is -0.312 e. The highest BCUT2D eigenvalue weighted by atomic mass is 32.2. The molecule has 0 aliphatic heterocycles. The first-order valence-electron chi connectivity index (χ1n) is 5.73. The molecule has 0 unspecified atom stereocenters. The molecule has 0 bridgehead atoms. The van der Waals surface area contributed by atoms with Crippen LogP contribution in [-0.2, 0) is 16.6 Å². The maximum atomic E-state index is 11.9. The van der Waals surface area contributed by atoms with Crippen molar-refractivity contribution in [2.45, 2.75) is 32.2 Å². The van der Waals surface area contributed by atoms with Gasteiger partial charge in [-0.05, 0) is 18.5 Å². The second-order valence-electron chi connectivity index (χ2n) is 4.27. The minimum absolute atomic E-state index is 0.310. The Bertz CT molecular complexity index is 438. The number of hydrogen-bond acceptors (Lipinski definition) is 4. The second kappa shape index (κ2) is 6.49. The van der Waals surface area contributed by atoms with Gasteiger partial charge in [-0.3, -0.25) is 0 Å². The molecule has 1 aromatic heterocycles. The smallest absolute Gasteiger partial charge is 0.241 e. The molecular weight excluding hydrogens is 256 g/mol. The van der Waals surface area contributed by atoms with Crippen LogP contribution in [-0.4, -0.2) is 21.5 Å². The molecule has 17 heavy (non-hydrogen) atoms. The largest absolute Gasteiger partial charge is 0.312 e. The Balaban J connectivity index is 2.68. The molecule has 0 aromatic carbocycles. The molecule has 1 aromatic rings. The van der Waals surface area contributed by atoms with Crippen molar-refractivity contribution in [3.63, 3.8) is 0 Å². The van der Waals surface area contributed by atoms with Crippen LogP contribution in [0.5, 0.6) is 0 Å². The van der Waals surface area contributed by atoms with Gasteiger partial charge in [0.2, 0.25) is 10.0 Å². The quantitative estimate of drug-likeness (QED) is 0.798. The predicted molar refractivity (Wildman–Crippen MR) is 71.7 cm³/mol. The molecule has 0 atom stereocenters. The van der Waals surface area contributed by atoms with Gasteiger partial charge < -0.3 is 5.32 Å². The molecule has 4 nitrogen and oxygen atoms in total. The highest BCUT2D eigenvalue weighted by Crippen LogP contribution is 2.19. The van der Waals surface area contributed by atoms with E-state index >= 15 is 0 Å². The van der Waals surface area contributed by atoms with Crippen molar-refractivity contribution in [1.82, 2.24) is 10.0 Å². The highest BCUT2D eigenvalue weighted by Gasteiger charge is 2.15. The molecule has 0 fully saturated rings. The van der Waals surface area contributed by atoms with E-state index in [1.54, 1.807) is 11.4 Å². The molecule has 0 spiro atoms. The molecule has 0 radical (unpaired) electrons. The Morgan fingerprint density at radius 2 is 2.12 bits per heavy atom. The zero-order valence-electron chi connectivity index (χ0n) is 10.5. The molecular formula is C11H20N2O2S2. The molecule has 0 aliphatic rings. The predicted octanol–water partition coefficient (Wildman–Crippen LogP) is 1.79. The van der Waals surface area contributed by atoms with E-state index in [1.807, 2.05) is 20.8 Å². The van der Waals surface area contributed by atoms with E-state index < -0.39 is 10.0 Å². The Morgan fingerprint density at radius 3 is 2.71 bits per heavy atom. The van der Waals surface area contributed by atoms with Gasteiger partial charge in [-0.25, -0.2) is 13.1 Å². The van der Waals surface area contributed by atoms with E-state index in [2.05, 4.69) is 10.0 Å². The SMILES string of the molecule is CCNCc1cc(S(=O)(=O)NCC(C)C)cs1. The maximum Gasteiger partial charge on any atom is 0.241 e. The Hall–Kier alpha value is -0.430. The number of thiophene rings is 1. The molecule has 1 heterocycles. The number of rotatable bonds is 7. The van der Waals surface area contributed by atoms with Crippen LogP contribution in [0.1, 0.15) is 25.6 Å². The summed E-state index contributed by atoms with van der Waals surface area (Å²) in [5.41, 5.74) is 0. The van der Waals surface area contributed by atoms with Crippen molar-refractivity contribution in [1.29, 1.82) is 0 Å². The van der Waals surface area contributed by atoms with E-state index in [0.717, 1.165) is 18.0 Å². The molecule has 0 saturated heterocycles. The Morgan fingerprint density at radius 1 is 1.41 bits per heavy atom. The van der Waals surface area contributed by atoms with Gasteiger partial charge >= 0.3 is 0 Å². The summed E-state index contributed by atoms with van der Waals surface area (Å²) in [5, 5.41) is 4.86. The van der Waals surface area contributed by atoms with Crippen molar-refractivity contribution in [3.05, 3.63) is 16.3 Å². The van der Waals surface area contributed by atoms with Crippen molar-refractivity contribution < 1.29 is 8.42 Å². The van der Waals surface area contributed by atoms with E-state index in [4.69, 9.17) is 0 Å². The van der Waals surface area contributed by atoms with Gasteiger partial charge in [0.1, 0.15) is 0 Å². The van der Waals surface area contributed by atoms with E-state index in [9.17, 15) is 8.42 Å². The zero-order chi connectivity index (χ0) is 12.9. The third-order valence-electron chi connectivity index (χ3n) is 2.17. The van der Waals surface area contributed by atoms with Gasteiger partial charge in [0.05, 0.1) is 4.90 Å². The minimum atomic E-state index is -3.33. The van der Waals surface area contributed by atoms with Gasteiger partial charge in [-0.2, -0.15) is 0 Å². The first kappa shape index (κ1) is 14.6. The summed E-state index contributed by atoms with van der Waals surface area (Å²) in [5.74, 6) is 0.310. The van der Waals surface area contributed by atoms with Gasteiger partial charge in [0.15, 0.2) is 0 Å². The van der Waals surface area contributed by atoms with Gasteiger partial charge in [0.25, 0.3) is 0 Å². The fourth-order valence-corrected chi connectivity index (χ4v) is 3.66. The average Bonchev–Trinajstić information content (AvgIpc) is 2.73. The summed E-state index contributed by atoms with van der Waals surface area (Å²) in [6.45, 7) is 8.06. The summed E-state index contributed by atoms with van der Waals surface area (Å²) in [6.07, 6.45) is 0. The van der Waals surface area contributed by atoms with Gasteiger partial charge in [-0.15, -0.1) is 11.3 Å². The second-order valence-corrected chi connectivity index (χ2v) is 7.04. The van der Waals surface area contributed by atoms with E-state index in [1.165, 1.54) is 11.3 Å². The van der Waals surface area contributed by atoms with E-state index in [-0.39, 0.29) is 0 Å². The van der Waals surface area contributed by atoms with Crippen LogP contribution >= 0.6 is 11.3 Å². The van der Waals surface area contributed by atoms with Crippen molar-refractivity contribution in [2.75, 3.05) is 13.1 Å². The number of nitrogens with one attached hydrogen (secondary N) is 2. The van der Waals surface area contributed by atoms with Crippen molar-refractivity contribution in [2.24, 2.45) is 5.92 Å². The number of hydrogen-bond donors (Lipinski definition) is 2. The third kappa shape index (κ3) is 4.75. The first-order valence-corrected chi connectivity index (χ1v) is 8.09. The lowest BCUT2D eigenvalue weighted by Crippen LogP contribution is -2.27. The Labute approximate surface area is 107 Å². The van der Waals surface area contributed by atoms with Crippen LogP contribution in [0.4, 0.5) is 0 Å². The first-order chi connectivity index (χ1) is 7.95. The zero-order valence-corrected chi connectivity index (χ0v) is 12.1. The van der Waals surface area contributed by atoms with Crippen LogP contribution in [0.15, 0.2) is 16.3 Å². The molecule has 0 aliphatic carbocycles. The van der Waals surface area contributed by atoms with Crippen LogP contribution in [0.2, 0.25) is 0 Å². The lowest BCUT2D eigenvalue weighted by atomic mass is 10.2. The van der Waals surface area contributed by atoms with Crippen molar-refractivity contribution in [3.8, 4) is 0 Å². The summed E-state index contributed by atoms with van der Waals surface area (Å²) in [4.78, 5) is 1.41. The highest BCUT2D eigenvalue weighted by molar-refractivity contribution is 7.89. The molecule has 0 saturated carbocycles. The third-order valence-corrected chi connectivity index (χ3v) is 4.66. The van der Waals surface area contributed by atoms with E-state index in [0.29, 0.717) is 17.4 Å². The lowest BCUT2D eigenvalue weighted by molar-refractivity contribution is 0.560. The summed E-state index contributed by atoms with van der Waals surface area (Å²) in [7, 11) is -3.33. The molecule has 2 N–H and O–H groups in total. The van der Waals surface area contributed by atoms with Crippen LogP contribution in [0.25, 0.3) is 0 Å². The van der Waals surface area contributed by atoms with Gasteiger partial charge in [0, 0.05) is 23.3 Å². The summed E-state index contributed by atoms with van der Waals surface area (Å²) in [6, 6.07) is 1.73. The molecule has 98 valence electrons. The average molecular weight is 276 g/mol. The molecule has 1 rings (SSSR count). The fourth-order valence-electron chi connectivity index (χ4n) is 1.20. The fraction of sp³-hybridized carbons (Fsp3) is 0.636. The van der Waals surface area contributed by atoms with Crippen LogP contribution in [0, 0.1) is 5.92 Å². The Kier molecular flexibility index (Phi) is 5.58.